The first kappa shape index (κ1) is 14.9. The summed E-state index contributed by atoms with van der Waals surface area (Å²) >= 11 is 0. The second-order valence-corrected chi connectivity index (χ2v) is 6.53. The molecule has 1 aromatic carbocycles. The van der Waals surface area contributed by atoms with Crippen molar-refractivity contribution in [3.8, 4) is 0 Å². The van der Waals surface area contributed by atoms with E-state index in [0.29, 0.717) is 29.0 Å². The van der Waals surface area contributed by atoms with E-state index >= 15 is 0 Å². The van der Waals surface area contributed by atoms with E-state index in [2.05, 4.69) is 26.1 Å². The van der Waals surface area contributed by atoms with Crippen LogP contribution >= 0.6 is 0 Å². The third-order valence-electron chi connectivity index (χ3n) is 4.49. The first-order valence-corrected chi connectivity index (χ1v) is 7.63. The number of carbonyl (C=O) groups excluding carboxylic acids is 1. The van der Waals surface area contributed by atoms with E-state index in [0.717, 1.165) is 6.42 Å². The summed E-state index contributed by atoms with van der Waals surface area (Å²) in [6, 6.07) is 7.48. The Morgan fingerprint density at radius 2 is 2.10 bits per heavy atom. The number of benzene rings is 1. The quantitative estimate of drug-likeness (QED) is 0.829. The topological polar surface area (TPSA) is 55.1 Å². The van der Waals surface area contributed by atoms with Gasteiger partial charge in [-0.1, -0.05) is 33.3 Å². The van der Waals surface area contributed by atoms with Crippen LogP contribution in [0.2, 0.25) is 0 Å². The Bertz CT molecular complexity index is 470. The molecule has 1 fully saturated rings. The molecule has 0 aromatic heterocycles. The molecule has 20 heavy (non-hydrogen) atoms. The molecule has 1 saturated carbocycles. The summed E-state index contributed by atoms with van der Waals surface area (Å²) in [5.41, 5.74) is 7.04. The molecule has 0 radical (unpaired) electrons. The zero-order chi connectivity index (χ0) is 14.7. The highest BCUT2D eigenvalue weighted by molar-refractivity contribution is 5.95. The molecule has 2 rings (SSSR count). The third-order valence-corrected chi connectivity index (χ3v) is 4.49. The van der Waals surface area contributed by atoms with Crippen molar-refractivity contribution in [2.24, 2.45) is 17.8 Å². The van der Waals surface area contributed by atoms with Crippen molar-refractivity contribution in [2.75, 3.05) is 5.73 Å². The van der Waals surface area contributed by atoms with E-state index in [9.17, 15) is 4.79 Å². The molecule has 110 valence electrons. The van der Waals surface area contributed by atoms with Gasteiger partial charge in [-0.15, -0.1) is 0 Å². The summed E-state index contributed by atoms with van der Waals surface area (Å²) in [6.07, 6.45) is 3.56. The zero-order valence-electron chi connectivity index (χ0n) is 12.7. The van der Waals surface area contributed by atoms with Gasteiger partial charge in [0.15, 0.2) is 0 Å². The average molecular weight is 274 g/mol. The van der Waals surface area contributed by atoms with Crippen LogP contribution in [0.3, 0.4) is 0 Å². The Kier molecular flexibility index (Phi) is 4.69. The number of hydrogen-bond donors (Lipinski definition) is 2. The number of carbonyl (C=O) groups is 1. The smallest absolute Gasteiger partial charge is 0.251 e. The maximum absolute atomic E-state index is 12.4. The highest BCUT2D eigenvalue weighted by Gasteiger charge is 2.31. The van der Waals surface area contributed by atoms with Gasteiger partial charge in [0.2, 0.25) is 0 Å². The summed E-state index contributed by atoms with van der Waals surface area (Å²) < 4.78 is 0. The SMILES string of the molecule is CC1CCC(C(C)C)C(NC(=O)c2cccc(N)c2)C1. The predicted octanol–water partition coefficient (Wildman–Crippen LogP) is 3.46. The highest BCUT2D eigenvalue weighted by Crippen LogP contribution is 2.33. The summed E-state index contributed by atoms with van der Waals surface area (Å²) in [5.74, 6) is 1.88. The zero-order valence-corrected chi connectivity index (χ0v) is 12.7. The number of nitrogens with one attached hydrogen (secondary N) is 1. The Hall–Kier alpha value is -1.51. The lowest BCUT2D eigenvalue weighted by Crippen LogP contribution is -2.45. The standard InChI is InChI=1S/C17H26N2O/c1-11(2)15-8-7-12(3)9-16(15)19-17(20)13-5-4-6-14(18)10-13/h4-6,10-12,15-16H,7-9,18H2,1-3H3,(H,19,20). The molecular weight excluding hydrogens is 248 g/mol. The lowest BCUT2D eigenvalue weighted by molar-refractivity contribution is 0.0868. The van der Waals surface area contributed by atoms with E-state index in [1.807, 2.05) is 12.1 Å². The van der Waals surface area contributed by atoms with E-state index < -0.39 is 0 Å². The minimum Gasteiger partial charge on any atom is -0.399 e. The van der Waals surface area contributed by atoms with Gasteiger partial charge in [0.1, 0.15) is 0 Å². The van der Waals surface area contributed by atoms with Crippen LogP contribution in [0.25, 0.3) is 0 Å². The molecule has 1 aromatic rings. The monoisotopic (exact) mass is 274 g/mol. The van der Waals surface area contributed by atoms with Crippen molar-refractivity contribution in [1.82, 2.24) is 5.32 Å². The fraction of sp³-hybridized carbons (Fsp3) is 0.588. The fourth-order valence-corrected chi connectivity index (χ4v) is 3.30. The normalized spacial score (nSPS) is 26.5. The maximum Gasteiger partial charge on any atom is 0.251 e. The lowest BCUT2D eigenvalue weighted by Gasteiger charge is -2.37. The lowest BCUT2D eigenvalue weighted by atomic mass is 9.74. The van der Waals surface area contributed by atoms with Crippen molar-refractivity contribution in [3.63, 3.8) is 0 Å². The van der Waals surface area contributed by atoms with E-state index in [1.54, 1.807) is 12.1 Å². The van der Waals surface area contributed by atoms with Gasteiger partial charge in [-0.05, 0) is 48.8 Å². The van der Waals surface area contributed by atoms with E-state index in [1.165, 1.54) is 12.8 Å². The van der Waals surface area contributed by atoms with Crippen LogP contribution in [-0.4, -0.2) is 11.9 Å². The van der Waals surface area contributed by atoms with Crippen molar-refractivity contribution in [2.45, 2.75) is 46.1 Å². The molecule has 0 saturated heterocycles. The Morgan fingerprint density at radius 1 is 1.35 bits per heavy atom. The molecule has 0 bridgehead atoms. The molecule has 3 unspecified atom stereocenters. The van der Waals surface area contributed by atoms with Gasteiger partial charge in [-0.2, -0.15) is 0 Å². The first-order valence-electron chi connectivity index (χ1n) is 7.63. The van der Waals surface area contributed by atoms with Crippen LogP contribution < -0.4 is 11.1 Å². The molecule has 3 nitrogen and oxygen atoms in total. The summed E-state index contributed by atoms with van der Waals surface area (Å²) in [7, 11) is 0. The summed E-state index contributed by atoms with van der Waals surface area (Å²) in [5, 5.41) is 3.23. The molecule has 3 atom stereocenters. The Labute approximate surface area is 121 Å². The minimum absolute atomic E-state index is 0.00190. The van der Waals surface area contributed by atoms with Crippen LogP contribution in [0.1, 0.15) is 50.4 Å². The van der Waals surface area contributed by atoms with Crippen LogP contribution in [0.4, 0.5) is 5.69 Å². The first-order chi connectivity index (χ1) is 9.47. The van der Waals surface area contributed by atoms with Gasteiger partial charge in [-0.3, -0.25) is 4.79 Å². The van der Waals surface area contributed by atoms with Crippen molar-refractivity contribution in [1.29, 1.82) is 0 Å². The number of nitrogen functional groups attached to an aromatic ring is 1. The second kappa shape index (κ2) is 6.29. The molecule has 3 N–H and O–H groups in total. The van der Waals surface area contributed by atoms with Crippen LogP contribution in [0, 0.1) is 17.8 Å². The van der Waals surface area contributed by atoms with E-state index in [4.69, 9.17) is 5.73 Å². The van der Waals surface area contributed by atoms with Crippen LogP contribution in [0.15, 0.2) is 24.3 Å². The molecule has 0 aliphatic heterocycles. The molecule has 1 aliphatic rings. The largest absolute Gasteiger partial charge is 0.399 e. The van der Waals surface area contributed by atoms with Gasteiger partial charge in [-0.25, -0.2) is 0 Å². The van der Waals surface area contributed by atoms with Crippen LogP contribution in [0.5, 0.6) is 0 Å². The predicted molar refractivity (Wildman–Crippen MR) is 83.5 cm³/mol. The van der Waals surface area contributed by atoms with Gasteiger partial charge in [0, 0.05) is 17.3 Å². The van der Waals surface area contributed by atoms with Crippen LogP contribution in [-0.2, 0) is 0 Å². The molecule has 1 amide bonds. The van der Waals surface area contributed by atoms with Gasteiger partial charge < -0.3 is 11.1 Å². The molecule has 0 spiro atoms. The second-order valence-electron chi connectivity index (χ2n) is 6.53. The fourth-order valence-electron chi connectivity index (χ4n) is 3.30. The number of rotatable bonds is 3. The highest BCUT2D eigenvalue weighted by atomic mass is 16.1. The number of amides is 1. The third kappa shape index (κ3) is 3.53. The van der Waals surface area contributed by atoms with E-state index in [-0.39, 0.29) is 11.9 Å². The number of nitrogens with two attached hydrogens (primary N) is 1. The van der Waals surface area contributed by atoms with Crippen molar-refractivity contribution < 1.29 is 4.79 Å². The summed E-state index contributed by atoms with van der Waals surface area (Å²) in [6.45, 7) is 6.77. The van der Waals surface area contributed by atoms with Gasteiger partial charge in [0.25, 0.3) is 5.91 Å². The number of hydrogen-bond acceptors (Lipinski definition) is 2. The van der Waals surface area contributed by atoms with Gasteiger partial charge in [0.05, 0.1) is 0 Å². The minimum atomic E-state index is 0.00190. The molecule has 3 heteroatoms. The average Bonchev–Trinajstić information content (AvgIpc) is 2.38. The van der Waals surface area contributed by atoms with Crippen molar-refractivity contribution >= 4 is 11.6 Å². The van der Waals surface area contributed by atoms with Crippen molar-refractivity contribution in [3.05, 3.63) is 29.8 Å². The van der Waals surface area contributed by atoms with Gasteiger partial charge >= 0.3 is 0 Å². The Balaban J connectivity index is 2.08. The molecule has 1 aliphatic carbocycles. The Morgan fingerprint density at radius 3 is 2.75 bits per heavy atom. The number of anilines is 1. The molecule has 0 heterocycles. The maximum atomic E-state index is 12.4. The molecular formula is C17H26N2O. The summed E-state index contributed by atoms with van der Waals surface area (Å²) in [4.78, 5) is 12.4.